The minimum atomic E-state index is 0.891. The van der Waals surface area contributed by atoms with E-state index < -0.39 is 0 Å². The van der Waals surface area contributed by atoms with Crippen molar-refractivity contribution < 1.29 is 4.42 Å². The Balaban J connectivity index is 0.960. The Labute approximate surface area is 326 Å². The highest BCUT2D eigenvalue weighted by Crippen LogP contribution is 2.43. The Morgan fingerprint density at radius 2 is 1.00 bits per heavy atom. The van der Waals surface area contributed by atoms with Crippen molar-refractivity contribution in [3.8, 4) is 16.8 Å². The van der Waals surface area contributed by atoms with Crippen molar-refractivity contribution in [2.45, 2.75) is 0 Å². The van der Waals surface area contributed by atoms with E-state index in [-0.39, 0.29) is 0 Å². The first-order valence-corrected chi connectivity index (χ1v) is 19.8. The van der Waals surface area contributed by atoms with E-state index in [1.165, 1.54) is 63.9 Å². The molecule has 4 heteroatoms. The van der Waals surface area contributed by atoms with Crippen LogP contribution in [0.2, 0.25) is 0 Å². The molecule has 0 aliphatic rings. The molecular weight excluding hydrogens is 701 g/mol. The zero-order valence-corrected chi connectivity index (χ0v) is 31.0. The summed E-state index contributed by atoms with van der Waals surface area (Å²) in [5, 5.41) is 9.88. The fourth-order valence-corrected chi connectivity index (χ4v) is 9.90. The molecular formula is C52H32N2OS. The lowest BCUT2D eigenvalue weighted by molar-refractivity contribution is 0.669. The Kier molecular flexibility index (Phi) is 6.80. The number of para-hydroxylation sites is 2. The number of hydrogen-bond acceptors (Lipinski definition) is 3. The van der Waals surface area contributed by atoms with E-state index in [0.29, 0.717) is 0 Å². The molecule has 0 atom stereocenters. The van der Waals surface area contributed by atoms with Gasteiger partial charge in [0.05, 0.1) is 11.0 Å². The van der Waals surface area contributed by atoms with E-state index in [9.17, 15) is 0 Å². The van der Waals surface area contributed by atoms with Crippen molar-refractivity contribution in [2.75, 3.05) is 4.90 Å². The van der Waals surface area contributed by atoms with Crippen LogP contribution in [0.5, 0.6) is 0 Å². The van der Waals surface area contributed by atoms with Crippen LogP contribution >= 0.6 is 11.3 Å². The fourth-order valence-electron chi connectivity index (χ4n) is 8.76. The van der Waals surface area contributed by atoms with Crippen LogP contribution in [0.4, 0.5) is 17.1 Å². The normalized spacial score (nSPS) is 11.9. The van der Waals surface area contributed by atoms with Crippen LogP contribution in [-0.2, 0) is 0 Å². The monoisotopic (exact) mass is 732 g/mol. The summed E-state index contributed by atoms with van der Waals surface area (Å²) in [4.78, 5) is 2.37. The molecule has 12 rings (SSSR count). The topological polar surface area (TPSA) is 21.3 Å². The van der Waals surface area contributed by atoms with E-state index >= 15 is 0 Å². The van der Waals surface area contributed by atoms with Crippen LogP contribution < -0.4 is 4.90 Å². The number of hydrogen-bond donors (Lipinski definition) is 0. The van der Waals surface area contributed by atoms with Crippen molar-refractivity contribution in [3.63, 3.8) is 0 Å². The molecule has 0 amide bonds. The maximum atomic E-state index is 6.23. The quantitative estimate of drug-likeness (QED) is 0.176. The molecule has 262 valence electrons. The van der Waals surface area contributed by atoms with Crippen LogP contribution in [0, 0.1) is 0 Å². The summed E-state index contributed by atoms with van der Waals surface area (Å²) < 4.78 is 11.2. The second-order valence-electron chi connectivity index (χ2n) is 14.5. The highest BCUT2D eigenvalue weighted by molar-refractivity contribution is 7.25. The van der Waals surface area contributed by atoms with Crippen LogP contribution in [0.15, 0.2) is 199 Å². The summed E-state index contributed by atoms with van der Waals surface area (Å²) >= 11 is 1.85. The van der Waals surface area contributed by atoms with E-state index in [1.54, 1.807) is 0 Å². The summed E-state index contributed by atoms with van der Waals surface area (Å²) in [6.45, 7) is 0. The average Bonchev–Trinajstić information content (AvgIpc) is 3.93. The van der Waals surface area contributed by atoms with Crippen molar-refractivity contribution in [3.05, 3.63) is 194 Å². The number of aromatic nitrogens is 1. The van der Waals surface area contributed by atoms with Gasteiger partial charge in [0.2, 0.25) is 0 Å². The highest BCUT2D eigenvalue weighted by Gasteiger charge is 2.18. The second-order valence-corrected chi connectivity index (χ2v) is 15.6. The molecule has 0 unspecified atom stereocenters. The van der Waals surface area contributed by atoms with Gasteiger partial charge in [0.25, 0.3) is 0 Å². The van der Waals surface area contributed by atoms with Gasteiger partial charge in [-0.3, -0.25) is 0 Å². The number of nitrogens with zero attached hydrogens (tertiary/aromatic N) is 2. The molecule has 56 heavy (non-hydrogen) atoms. The summed E-state index contributed by atoms with van der Waals surface area (Å²) in [6.07, 6.45) is 0. The average molecular weight is 733 g/mol. The van der Waals surface area contributed by atoms with Crippen LogP contribution in [0.1, 0.15) is 0 Å². The number of fused-ring (bicyclic) bond motifs is 11. The smallest absolute Gasteiger partial charge is 0.135 e. The molecule has 3 heterocycles. The van der Waals surface area contributed by atoms with Gasteiger partial charge in [-0.25, -0.2) is 0 Å². The number of thiophene rings is 1. The molecule has 0 saturated carbocycles. The van der Waals surface area contributed by atoms with Gasteiger partial charge in [-0.2, -0.15) is 0 Å². The van der Waals surface area contributed by atoms with Gasteiger partial charge in [-0.1, -0.05) is 121 Å². The zero-order valence-electron chi connectivity index (χ0n) is 30.2. The first-order chi connectivity index (χ1) is 27.7. The molecule has 0 fully saturated rings. The largest absolute Gasteiger partial charge is 0.456 e. The molecule has 9 aromatic carbocycles. The van der Waals surface area contributed by atoms with Crippen molar-refractivity contribution in [1.29, 1.82) is 0 Å². The standard InChI is InChI=1S/C52H32N2OS/c1-2-10-40-35(9-1)21-28-45-41-11-3-6-14-47(41)54(52(40)45)37-24-19-34(20-25-37)33-17-22-36(23-18-33)53(38-27-30-49-46(31-38)42-12-4-7-15-48(42)55-49)39-26-29-44-43-13-5-8-16-50(43)56-51(44)32-39/h1-32H. The number of rotatable bonds is 5. The zero-order chi connectivity index (χ0) is 36.7. The molecule has 0 N–H and O–H groups in total. The van der Waals surface area contributed by atoms with Gasteiger partial charge in [-0.15, -0.1) is 11.3 Å². The van der Waals surface area contributed by atoms with E-state index in [2.05, 4.69) is 191 Å². The Bertz CT molecular complexity index is 3480. The molecule has 3 nitrogen and oxygen atoms in total. The molecule has 0 aliphatic carbocycles. The SMILES string of the molecule is c1ccc2c(c1)ccc1c3ccccc3n(-c3ccc(-c4ccc(N(c5ccc6c(c5)sc5ccccc56)c5ccc6oc7ccccc7c6c5)cc4)cc3)c21. The maximum absolute atomic E-state index is 6.23. The van der Waals surface area contributed by atoms with E-state index in [4.69, 9.17) is 4.42 Å². The van der Waals surface area contributed by atoms with Gasteiger partial charge >= 0.3 is 0 Å². The highest BCUT2D eigenvalue weighted by atomic mass is 32.1. The lowest BCUT2D eigenvalue weighted by Crippen LogP contribution is -2.09. The Morgan fingerprint density at radius 3 is 1.86 bits per heavy atom. The number of anilines is 3. The van der Waals surface area contributed by atoms with E-state index in [1.807, 2.05) is 23.5 Å². The van der Waals surface area contributed by atoms with Crippen LogP contribution in [0.25, 0.3) is 91.5 Å². The van der Waals surface area contributed by atoms with Crippen molar-refractivity contribution in [1.82, 2.24) is 4.57 Å². The molecule has 0 saturated heterocycles. The minimum absolute atomic E-state index is 0.891. The van der Waals surface area contributed by atoms with Crippen LogP contribution in [-0.4, -0.2) is 4.57 Å². The third-order valence-corrected chi connectivity index (χ3v) is 12.5. The number of furan rings is 1. The Hall–Kier alpha value is -7.14. The molecule has 3 aromatic heterocycles. The Morgan fingerprint density at radius 1 is 0.393 bits per heavy atom. The summed E-state index contributed by atoms with van der Waals surface area (Å²) in [6, 6.07) is 70.3. The second kappa shape index (κ2) is 12.2. The molecule has 0 spiro atoms. The van der Waals surface area contributed by atoms with E-state index in [0.717, 1.165) is 44.7 Å². The third-order valence-electron chi connectivity index (χ3n) is 11.4. The third kappa shape index (κ3) is 4.76. The predicted molar refractivity (Wildman–Crippen MR) is 239 cm³/mol. The van der Waals surface area contributed by atoms with Gasteiger partial charge in [0.1, 0.15) is 11.2 Å². The van der Waals surface area contributed by atoms with Gasteiger partial charge in [-0.05, 0) is 89.3 Å². The summed E-state index contributed by atoms with van der Waals surface area (Å²) in [5.41, 5.74) is 11.0. The first-order valence-electron chi connectivity index (χ1n) is 19.0. The minimum Gasteiger partial charge on any atom is -0.456 e. The lowest BCUT2D eigenvalue weighted by Gasteiger charge is -2.26. The van der Waals surface area contributed by atoms with Crippen LogP contribution in [0.3, 0.4) is 0 Å². The first kappa shape index (κ1) is 31.2. The van der Waals surface area contributed by atoms with Gasteiger partial charge in [0, 0.05) is 69.9 Å². The summed E-state index contributed by atoms with van der Waals surface area (Å²) in [7, 11) is 0. The summed E-state index contributed by atoms with van der Waals surface area (Å²) in [5.74, 6) is 0. The lowest BCUT2D eigenvalue weighted by atomic mass is 10.0. The fraction of sp³-hybridized carbons (Fsp3) is 0. The van der Waals surface area contributed by atoms with Crippen molar-refractivity contribution in [2.24, 2.45) is 0 Å². The molecule has 0 aliphatic heterocycles. The molecule has 12 aromatic rings. The predicted octanol–water partition coefficient (Wildman–Crippen LogP) is 15.3. The molecule has 0 bridgehead atoms. The van der Waals surface area contributed by atoms with Crippen molar-refractivity contribution >= 4 is 103 Å². The maximum Gasteiger partial charge on any atom is 0.135 e. The van der Waals surface area contributed by atoms with Gasteiger partial charge < -0.3 is 13.9 Å². The molecule has 0 radical (unpaired) electrons. The number of benzene rings is 9. The van der Waals surface area contributed by atoms with Gasteiger partial charge in [0.15, 0.2) is 0 Å².